The third-order valence-electron chi connectivity index (χ3n) is 5.74. The zero-order chi connectivity index (χ0) is 21.9. The number of benzene rings is 1. The van der Waals surface area contributed by atoms with Crippen molar-refractivity contribution in [2.24, 2.45) is 13.0 Å². The van der Waals surface area contributed by atoms with E-state index in [1.807, 2.05) is 0 Å². The number of nitrogens with zero attached hydrogens (tertiary/aromatic N) is 2. The van der Waals surface area contributed by atoms with Crippen molar-refractivity contribution in [3.8, 4) is 5.75 Å². The molecule has 1 unspecified atom stereocenters. The fraction of sp³-hybridized carbons (Fsp3) is 0.333. The van der Waals surface area contributed by atoms with Crippen LogP contribution in [-0.4, -0.2) is 28.1 Å². The molecule has 31 heavy (non-hydrogen) atoms. The van der Waals surface area contributed by atoms with E-state index in [4.69, 9.17) is 16.3 Å². The molecule has 6 nitrogen and oxygen atoms in total. The maximum absolute atomic E-state index is 14.7. The van der Waals surface area contributed by atoms with Crippen LogP contribution in [0.5, 0.6) is 5.75 Å². The van der Waals surface area contributed by atoms with E-state index in [0.717, 1.165) is 0 Å². The number of aromatic nitrogens is 2. The van der Waals surface area contributed by atoms with Crippen LogP contribution < -0.4 is 20.9 Å². The maximum atomic E-state index is 14.7. The van der Waals surface area contributed by atoms with Crippen LogP contribution in [0.3, 0.4) is 0 Å². The van der Waals surface area contributed by atoms with Crippen LogP contribution in [0.4, 0.5) is 30.2 Å². The predicted octanol–water partition coefficient (Wildman–Crippen LogP) is 4.69. The smallest absolute Gasteiger partial charge is 0.301 e. The second-order valence-electron chi connectivity index (χ2n) is 7.90. The lowest BCUT2D eigenvalue weighted by Crippen LogP contribution is -2.44. The van der Waals surface area contributed by atoms with Crippen LogP contribution in [0.2, 0.25) is 5.02 Å². The van der Waals surface area contributed by atoms with Gasteiger partial charge in [-0.3, -0.25) is 4.79 Å². The minimum atomic E-state index is -3.12. The Kier molecular flexibility index (Phi) is 4.55. The highest BCUT2D eigenvalue weighted by atomic mass is 35.5. The molecule has 2 aromatic heterocycles. The summed E-state index contributed by atoms with van der Waals surface area (Å²) >= 11 is 5.98. The van der Waals surface area contributed by atoms with Crippen molar-refractivity contribution in [3.05, 3.63) is 51.8 Å². The summed E-state index contributed by atoms with van der Waals surface area (Å²) in [4.78, 5) is 16.3. The average Bonchev–Trinajstić information content (AvgIpc) is 3.57. The van der Waals surface area contributed by atoms with Gasteiger partial charge in [-0.05, 0) is 43.0 Å². The minimum absolute atomic E-state index is 0.136. The van der Waals surface area contributed by atoms with E-state index in [1.165, 1.54) is 16.8 Å². The van der Waals surface area contributed by atoms with Gasteiger partial charge in [0.15, 0.2) is 6.61 Å². The molecule has 2 N–H and O–H groups in total. The Labute approximate surface area is 180 Å². The number of ether oxygens (including phenoxy) is 1. The van der Waals surface area contributed by atoms with Gasteiger partial charge >= 0.3 is 5.92 Å². The van der Waals surface area contributed by atoms with Gasteiger partial charge in [-0.1, -0.05) is 11.6 Å². The summed E-state index contributed by atoms with van der Waals surface area (Å²) in [5, 5.41) is 6.28. The van der Waals surface area contributed by atoms with Gasteiger partial charge in [-0.2, -0.15) is 4.39 Å². The van der Waals surface area contributed by atoms with Gasteiger partial charge in [0.05, 0.1) is 22.9 Å². The second-order valence-corrected chi connectivity index (χ2v) is 8.28. The Bertz CT molecular complexity index is 1260. The van der Waals surface area contributed by atoms with Gasteiger partial charge in [0.1, 0.15) is 5.02 Å². The number of halogens is 4. The van der Waals surface area contributed by atoms with E-state index >= 15 is 0 Å². The van der Waals surface area contributed by atoms with Crippen LogP contribution in [0, 0.1) is 11.9 Å². The lowest BCUT2D eigenvalue weighted by molar-refractivity contribution is -0.0579. The zero-order valence-corrected chi connectivity index (χ0v) is 17.1. The number of aryl methyl sites for hydroxylation is 1. The predicted molar refractivity (Wildman–Crippen MR) is 112 cm³/mol. The number of alkyl halides is 2. The molecule has 1 saturated carbocycles. The maximum Gasteiger partial charge on any atom is 0.301 e. The Morgan fingerprint density at radius 2 is 2.10 bits per heavy atom. The van der Waals surface area contributed by atoms with Crippen LogP contribution >= 0.6 is 11.6 Å². The fourth-order valence-corrected chi connectivity index (χ4v) is 4.12. The number of hydrogen-bond donors (Lipinski definition) is 2. The molecule has 10 heteroatoms. The minimum Gasteiger partial charge on any atom is -0.480 e. The second kappa shape index (κ2) is 7.05. The van der Waals surface area contributed by atoms with Crippen molar-refractivity contribution in [1.82, 2.24) is 9.55 Å². The first-order chi connectivity index (χ1) is 14.8. The van der Waals surface area contributed by atoms with Crippen LogP contribution in [-0.2, 0) is 7.05 Å². The molecule has 5 rings (SSSR count). The molecule has 1 aromatic carbocycles. The number of fused-ring (bicyclic) bond motifs is 3. The van der Waals surface area contributed by atoms with E-state index in [1.54, 1.807) is 25.2 Å². The first-order valence-electron chi connectivity index (χ1n) is 9.77. The van der Waals surface area contributed by atoms with E-state index < -0.39 is 30.1 Å². The normalized spacial score (nSPS) is 19.8. The van der Waals surface area contributed by atoms with Crippen LogP contribution in [0.15, 0.2) is 35.3 Å². The Balaban J connectivity index is 1.65. The highest BCUT2D eigenvalue weighted by Gasteiger charge is 2.51. The lowest BCUT2D eigenvalue weighted by Gasteiger charge is -2.25. The molecular weight excluding hydrogens is 433 g/mol. The molecule has 0 radical (unpaired) electrons. The monoisotopic (exact) mass is 450 g/mol. The van der Waals surface area contributed by atoms with Gasteiger partial charge in [-0.15, -0.1) is 0 Å². The largest absolute Gasteiger partial charge is 0.480 e. The van der Waals surface area contributed by atoms with Crippen molar-refractivity contribution in [2.75, 3.05) is 17.2 Å². The van der Waals surface area contributed by atoms with Crippen molar-refractivity contribution < 1.29 is 17.9 Å². The third-order valence-corrected chi connectivity index (χ3v) is 6.10. The zero-order valence-electron chi connectivity index (χ0n) is 16.4. The Hall–Kier alpha value is -2.94. The summed E-state index contributed by atoms with van der Waals surface area (Å²) in [5.74, 6) is -4.24. The molecule has 1 aliphatic heterocycles. The molecular formula is C21H18ClF3N4O2. The molecule has 0 saturated heterocycles. The van der Waals surface area contributed by atoms with Gasteiger partial charge < -0.3 is 19.9 Å². The number of rotatable bonds is 3. The summed E-state index contributed by atoms with van der Waals surface area (Å²) in [7, 11) is 1.55. The van der Waals surface area contributed by atoms with Crippen molar-refractivity contribution in [3.63, 3.8) is 0 Å². The van der Waals surface area contributed by atoms with E-state index in [9.17, 15) is 18.0 Å². The van der Waals surface area contributed by atoms with Gasteiger partial charge in [0.2, 0.25) is 11.7 Å². The molecule has 3 aromatic rings. The molecule has 1 atom stereocenters. The lowest BCUT2D eigenvalue weighted by atomic mass is 10.0. The number of pyridine rings is 2. The van der Waals surface area contributed by atoms with Crippen molar-refractivity contribution in [1.29, 1.82) is 0 Å². The molecule has 0 bridgehead atoms. The molecule has 0 spiro atoms. The first-order valence-corrected chi connectivity index (χ1v) is 10.1. The van der Waals surface area contributed by atoms with Crippen LogP contribution in [0.25, 0.3) is 10.9 Å². The van der Waals surface area contributed by atoms with Gasteiger partial charge in [0.25, 0.3) is 5.56 Å². The number of anilines is 3. The highest BCUT2D eigenvalue weighted by molar-refractivity contribution is 6.33. The quantitative estimate of drug-likeness (QED) is 0.567. The number of nitrogens with one attached hydrogen (secondary N) is 2. The highest BCUT2D eigenvalue weighted by Crippen LogP contribution is 2.45. The Morgan fingerprint density at radius 1 is 1.32 bits per heavy atom. The SMILES string of the molecule is Cn1c(=O)c2c(c3cc(Nc4ccnc(F)c4Cl)ccc31)NC(C1CC1)C(F)(F)CO2. The topological polar surface area (TPSA) is 68.2 Å². The molecule has 0 amide bonds. The molecule has 1 fully saturated rings. The summed E-state index contributed by atoms with van der Waals surface area (Å²) in [6, 6.07) is 5.45. The molecule has 2 aliphatic rings. The standard InChI is InChI=1S/C21H18ClF3N4O2/c1-29-14-5-4-11(27-13-6-7-26-19(23)15(13)22)8-12(14)16-17(20(29)30)31-9-21(24,25)18(28-16)10-2-3-10/h4-8,10,18,28H,2-3,9H2,1H3,(H,26,27). The average molecular weight is 451 g/mol. The van der Waals surface area contributed by atoms with Crippen molar-refractivity contribution >= 4 is 39.6 Å². The first kappa shape index (κ1) is 20.0. The molecule has 3 heterocycles. The van der Waals surface area contributed by atoms with Gasteiger partial charge in [-0.25, -0.2) is 13.8 Å². The van der Waals surface area contributed by atoms with Crippen molar-refractivity contribution in [2.45, 2.75) is 24.8 Å². The van der Waals surface area contributed by atoms with E-state index in [-0.39, 0.29) is 22.4 Å². The van der Waals surface area contributed by atoms with Gasteiger partial charge in [0, 0.05) is 24.3 Å². The summed E-state index contributed by atoms with van der Waals surface area (Å²) in [6.07, 6.45) is 2.67. The van der Waals surface area contributed by atoms with E-state index in [2.05, 4.69) is 15.6 Å². The summed E-state index contributed by atoms with van der Waals surface area (Å²) < 4.78 is 49.8. The Morgan fingerprint density at radius 3 is 2.84 bits per heavy atom. The summed E-state index contributed by atoms with van der Waals surface area (Å²) in [5.41, 5.74) is 1.11. The summed E-state index contributed by atoms with van der Waals surface area (Å²) in [6.45, 7) is -0.862. The fourth-order valence-electron chi connectivity index (χ4n) is 3.96. The molecule has 1 aliphatic carbocycles. The molecule has 162 valence electrons. The van der Waals surface area contributed by atoms with Crippen LogP contribution in [0.1, 0.15) is 12.8 Å². The van der Waals surface area contributed by atoms with E-state index in [0.29, 0.717) is 35.1 Å². The number of hydrogen-bond acceptors (Lipinski definition) is 5. The third kappa shape index (κ3) is 3.37.